The van der Waals surface area contributed by atoms with Crippen LogP contribution in [0.1, 0.15) is 52.1 Å². The van der Waals surface area contributed by atoms with Crippen molar-refractivity contribution < 1.29 is 57.5 Å². The van der Waals surface area contributed by atoms with E-state index in [1.807, 2.05) is 0 Å². The number of ether oxygens (including phenoxy) is 3. The maximum atomic E-state index is 17.0. The monoisotopic (exact) mass is 775 g/mol. The molecular formula is C34H32F7N3O6S2. The standard InChI is InChI=1S/C34H32F7N3O6S2/c1-5-51-32-42-25-15-27(49-18-24(25)31(43-32)50-52(45,46)34(39,40)41)28-29(33(36,37)38)19(2)14-26(30(28)35)44(16-20-6-10-22(47-3)11-7-20)17-21-8-12-23(48-4)13-9-21/h6-14,27H,5,15-18H2,1-4H3. The first kappa shape index (κ1) is 38.9. The van der Waals surface area contributed by atoms with Crippen molar-refractivity contribution in [1.29, 1.82) is 0 Å². The van der Waals surface area contributed by atoms with Crippen LogP contribution in [0.15, 0.2) is 59.8 Å². The Balaban J connectivity index is 1.63. The second kappa shape index (κ2) is 15.4. The van der Waals surface area contributed by atoms with Crippen LogP contribution >= 0.6 is 11.8 Å². The van der Waals surface area contributed by atoms with Gasteiger partial charge < -0.3 is 23.3 Å². The highest BCUT2D eigenvalue weighted by Crippen LogP contribution is 2.46. The van der Waals surface area contributed by atoms with Crippen LogP contribution in [0.25, 0.3) is 0 Å². The molecule has 1 atom stereocenters. The Hall–Kier alpha value is -4.29. The zero-order chi connectivity index (χ0) is 38.0. The number of nitrogens with zero attached hydrogens (tertiary/aromatic N) is 3. The van der Waals surface area contributed by atoms with E-state index in [1.165, 1.54) is 21.1 Å². The lowest BCUT2D eigenvalue weighted by atomic mass is 9.91. The number of rotatable bonds is 12. The molecule has 3 aromatic carbocycles. The van der Waals surface area contributed by atoms with Gasteiger partial charge in [0.2, 0.25) is 5.88 Å². The van der Waals surface area contributed by atoms with Crippen LogP contribution in [-0.2, 0) is 47.1 Å². The van der Waals surface area contributed by atoms with E-state index in [0.29, 0.717) is 28.4 Å². The Morgan fingerprint density at radius 2 is 1.48 bits per heavy atom. The molecule has 0 N–H and O–H groups in total. The van der Waals surface area contributed by atoms with Crippen molar-refractivity contribution in [3.63, 3.8) is 0 Å². The summed E-state index contributed by atoms with van der Waals surface area (Å²) >= 11 is 0.923. The first-order valence-electron chi connectivity index (χ1n) is 15.5. The fourth-order valence-corrected chi connectivity index (χ4v) is 6.68. The number of anilines is 1. The molecule has 0 radical (unpaired) electrons. The van der Waals surface area contributed by atoms with Crippen LogP contribution in [0.5, 0.6) is 17.4 Å². The van der Waals surface area contributed by atoms with E-state index in [-0.39, 0.29) is 40.8 Å². The quantitative estimate of drug-likeness (QED) is 0.0460. The van der Waals surface area contributed by atoms with E-state index in [9.17, 15) is 34.8 Å². The van der Waals surface area contributed by atoms with Gasteiger partial charge in [0.1, 0.15) is 11.5 Å². The fraction of sp³-hybridized carbons (Fsp3) is 0.353. The largest absolute Gasteiger partial charge is 0.534 e. The van der Waals surface area contributed by atoms with E-state index in [2.05, 4.69) is 14.2 Å². The van der Waals surface area contributed by atoms with E-state index in [4.69, 9.17) is 14.2 Å². The summed E-state index contributed by atoms with van der Waals surface area (Å²) in [7, 11) is -3.19. The number of hydrogen-bond donors (Lipinski definition) is 0. The minimum Gasteiger partial charge on any atom is -0.497 e. The lowest BCUT2D eigenvalue weighted by Gasteiger charge is -2.32. The van der Waals surface area contributed by atoms with Gasteiger partial charge in [0, 0.05) is 25.1 Å². The summed E-state index contributed by atoms with van der Waals surface area (Å²) < 4.78 is 145. The lowest BCUT2D eigenvalue weighted by molar-refractivity contribution is -0.140. The Morgan fingerprint density at radius 3 is 1.96 bits per heavy atom. The van der Waals surface area contributed by atoms with Gasteiger partial charge in [-0.25, -0.2) is 9.37 Å². The molecule has 1 aliphatic heterocycles. The number of alkyl halides is 6. The third-order valence-corrected chi connectivity index (χ3v) is 9.75. The Bertz CT molecular complexity index is 1960. The summed E-state index contributed by atoms with van der Waals surface area (Å²) in [4.78, 5) is 9.62. The minimum atomic E-state index is -6.18. The lowest BCUT2D eigenvalue weighted by Crippen LogP contribution is -2.30. The first-order valence-corrected chi connectivity index (χ1v) is 17.9. The maximum absolute atomic E-state index is 17.0. The zero-order valence-electron chi connectivity index (χ0n) is 28.1. The Labute approximate surface area is 299 Å². The SMILES string of the molecule is CCSc1nc2c(c(OS(=O)(=O)C(F)(F)F)n1)COC(c1c(F)c(N(Cc3ccc(OC)cc3)Cc3ccc(OC)cc3)cc(C)c1C(F)(F)F)C2. The minimum absolute atomic E-state index is 0.0603. The van der Waals surface area contributed by atoms with Gasteiger partial charge in [0.05, 0.1) is 49.4 Å². The van der Waals surface area contributed by atoms with Crippen LogP contribution in [0.3, 0.4) is 0 Å². The molecule has 18 heteroatoms. The van der Waals surface area contributed by atoms with Crippen molar-refractivity contribution in [3.05, 3.63) is 99.5 Å². The number of thioether (sulfide) groups is 1. The average Bonchev–Trinajstić information content (AvgIpc) is 3.08. The maximum Gasteiger partial charge on any atom is 0.534 e. The highest BCUT2D eigenvalue weighted by atomic mass is 32.2. The summed E-state index contributed by atoms with van der Waals surface area (Å²) in [6.45, 7) is 2.20. The van der Waals surface area contributed by atoms with Crippen LogP contribution in [0.2, 0.25) is 0 Å². The van der Waals surface area contributed by atoms with Gasteiger partial charge in [-0.1, -0.05) is 43.0 Å². The van der Waals surface area contributed by atoms with Crippen molar-refractivity contribution in [3.8, 4) is 17.4 Å². The third-order valence-electron chi connectivity index (χ3n) is 8.08. The van der Waals surface area contributed by atoms with Gasteiger partial charge in [-0.2, -0.15) is 39.7 Å². The number of fused-ring (bicyclic) bond motifs is 1. The van der Waals surface area contributed by atoms with E-state index in [1.54, 1.807) is 60.4 Å². The van der Waals surface area contributed by atoms with Crippen LogP contribution in [-0.4, -0.2) is 43.9 Å². The molecule has 0 saturated heterocycles. The summed E-state index contributed by atoms with van der Waals surface area (Å²) in [5, 5.41) is -0.194. The van der Waals surface area contributed by atoms with Gasteiger partial charge in [0.25, 0.3) is 0 Å². The molecule has 1 aliphatic rings. The number of hydrogen-bond acceptors (Lipinski definition) is 10. The highest BCUT2D eigenvalue weighted by Gasteiger charge is 2.50. The Kier molecular flexibility index (Phi) is 11.5. The predicted octanol–water partition coefficient (Wildman–Crippen LogP) is 8.32. The molecule has 4 aromatic rings. The van der Waals surface area contributed by atoms with Gasteiger partial charge in [-0.15, -0.1) is 0 Å². The Morgan fingerprint density at radius 1 is 0.923 bits per heavy atom. The van der Waals surface area contributed by atoms with Gasteiger partial charge >= 0.3 is 21.8 Å². The number of benzene rings is 3. The molecule has 2 heterocycles. The van der Waals surface area contributed by atoms with Gasteiger partial charge in [-0.05, 0) is 59.7 Å². The summed E-state index contributed by atoms with van der Waals surface area (Å²) in [6, 6.07) is 14.8. The van der Waals surface area contributed by atoms with Gasteiger partial charge in [0.15, 0.2) is 11.0 Å². The molecule has 5 rings (SSSR count). The van der Waals surface area contributed by atoms with Crippen LogP contribution < -0.4 is 18.6 Å². The molecule has 0 aliphatic carbocycles. The normalized spacial score (nSPS) is 14.9. The highest BCUT2D eigenvalue weighted by molar-refractivity contribution is 7.99. The van der Waals surface area contributed by atoms with Crippen LogP contribution in [0.4, 0.5) is 36.4 Å². The van der Waals surface area contributed by atoms with Crippen molar-refractivity contribution in [2.75, 3.05) is 24.9 Å². The molecule has 0 bridgehead atoms. The van der Waals surface area contributed by atoms with E-state index in [0.717, 1.165) is 17.8 Å². The molecule has 0 fully saturated rings. The second-order valence-corrected chi connectivity index (χ2v) is 14.3. The van der Waals surface area contributed by atoms with E-state index < -0.39 is 63.8 Å². The number of aryl methyl sites for hydroxylation is 1. The number of aromatic nitrogens is 2. The van der Waals surface area contributed by atoms with Crippen molar-refractivity contribution >= 4 is 27.6 Å². The third kappa shape index (κ3) is 8.50. The van der Waals surface area contributed by atoms with E-state index >= 15 is 4.39 Å². The number of methoxy groups -OCH3 is 2. The van der Waals surface area contributed by atoms with Gasteiger partial charge in [-0.3, -0.25) is 0 Å². The molecule has 9 nitrogen and oxygen atoms in total. The molecule has 52 heavy (non-hydrogen) atoms. The molecule has 0 amide bonds. The van der Waals surface area contributed by atoms with Crippen LogP contribution in [0, 0.1) is 12.7 Å². The molecular weight excluding hydrogens is 744 g/mol. The summed E-state index contributed by atoms with van der Waals surface area (Å²) in [5.41, 5.74) is -7.51. The summed E-state index contributed by atoms with van der Waals surface area (Å²) in [6.07, 6.45) is -7.27. The first-order chi connectivity index (χ1) is 24.4. The topological polar surface area (TPSA) is 100 Å². The van der Waals surface area contributed by atoms with Crippen molar-refractivity contribution in [2.24, 2.45) is 0 Å². The zero-order valence-corrected chi connectivity index (χ0v) is 29.7. The number of halogens is 7. The molecule has 280 valence electrons. The molecule has 0 spiro atoms. The average molecular weight is 776 g/mol. The predicted molar refractivity (Wildman–Crippen MR) is 177 cm³/mol. The smallest absolute Gasteiger partial charge is 0.497 e. The van der Waals surface area contributed by atoms with Crippen molar-refractivity contribution in [2.45, 2.75) is 62.9 Å². The van der Waals surface area contributed by atoms with Crippen molar-refractivity contribution in [1.82, 2.24) is 9.97 Å². The summed E-state index contributed by atoms with van der Waals surface area (Å²) in [5.74, 6) is -0.790. The molecule has 0 saturated carbocycles. The molecule has 1 unspecified atom stereocenters. The second-order valence-electron chi connectivity index (χ2n) is 11.5. The molecule has 1 aromatic heterocycles. The fourth-order valence-electron chi connectivity index (χ4n) is 5.66.